The molecule has 0 spiro atoms. The Balaban J connectivity index is 2.10. The lowest BCUT2D eigenvalue weighted by molar-refractivity contribution is 0.278. The van der Waals surface area contributed by atoms with Gasteiger partial charge >= 0.3 is 0 Å². The normalized spacial score (nSPS) is 16.1. The molecule has 5 nitrogen and oxygen atoms in total. The fraction of sp³-hybridized carbons (Fsp3) is 0.545. The number of nitrogens with one attached hydrogen (secondary N) is 1. The van der Waals surface area contributed by atoms with Crippen LogP contribution in [0.15, 0.2) is 6.33 Å². The van der Waals surface area contributed by atoms with Crippen LogP contribution >= 0.6 is 12.2 Å². The Morgan fingerprint density at radius 1 is 1.53 bits per heavy atom. The largest absolute Gasteiger partial charge is 0.479 e. The van der Waals surface area contributed by atoms with E-state index in [2.05, 4.69) is 19.5 Å². The summed E-state index contributed by atoms with van der Waals surface area (Å²) in [7, 11) is 1.60. The van der Waals surface area contributed by atoms with Crippen molar-refractivity contribution in [3.05, 3.63) is 11.1 Å². The lowest BCUT2D eigenvalue weighted by Gasteiger charge is -2.25. The number of fused-ring (bicyclic) bond motifs is 1. The first-order valence-electron chi connectivity index (χ1n) is 5.77. The Kier molecular flexibility index (Phi) is 2.58. The van der Waals surface area contributed by atoms with Crippen molar-refractivity contribution in [3.8, 4) is 5.88 Å². The van der Waals surface area contributed by atoms with Crippen molar-refractivity contribution >= 4 is 23.4 Å². The molecular formula is C11H14N4OS. The summed E-state index contributed by atoms with van der Waals surface area (Å²) in [5.41, 5.74) is 1.63. The van der Waals surface area contributed by atoms with Gasteiger partial charge < -0.3 is 14.3 Å². The van der Waals surface area contributed by atoms with Gasteiger partial charge in [0.15, 0.2) is 10.4 Å². The van der Waals surface area contributed by atoms with E-state index in [9.17, 15) is 0 Å². The second-order valence-corrected chi connectivity index (χ2v) is 4.81. The van der Waals surface area contributed by atoms with Crippen LogP contribution in [-0.4, -0.2) is 26.6 Å². The molecule has 1 aliphatic carbocycles. The van der Waals surface area contributed by atoms with Crippen LogP contribution in [0, 0.1) is 10.7 Å². The second kappa shape index (κ2) is 4.10. The standard InChI is InChI=1S/C11H14N4OS/c1-16-10-8-9(12-6-13-10)15(11(17)14-8)5-7-3-2-4-7/h6-7H,2-5H2,1H3,(H,14,17). The summed E-state index contributed by atoms with van der Waals surface area (Å²) < 4.78 is 7.95. The number of nitrogens with zero attached hydrogens (tertiary/aromatic N) is 3. The maximum absolute atomic E-state index is 5.33. The lowest BCUT2D eigenvalue weighted by Crippen LogP contribution is -2.18. The van der Waals surface area contributed by atoms with Crippen LogP contribution in [0.5, 0.6) is 5.88 Å². The van der Waals surface area contributed by atoms with Gasteiger partial charge in [0, 0.05) is 6.54 Å². The third-order valence-electron chi connectivity index (χ3n) is 3.38. The molecule has 90 valence electrons. The van der Waals surface area contributed by atoms with E-state index in [4.69, 9.17) is 17.0 Å². The predicted molar refractivity (Wildman–Crippen MR) is 66.6 cm³/mol. The molecule has 1 saturated carbocycles. The highest BCUT2D eigenvalue weighted by Gasteiger charge is 2.20. The minimum Gasteiger partial charge on any atom is -0.479 e. The molecule has 0 atom stereocenters. The predicted octanol–water partition coefficient (Wildman–Crippen LogP) is 2.30. The van der Waals surface area contributed by atoms with Crippen LogP contribution in [0.1, 0.15) is 19.3 Å². The number of methoxy groups -OCH3 is 1. The van der Waals surface area contributed by atoms with Crippen molar-refractivity contribution in [2.45, 2.75) is 25.8 Å². The highest BCUT2D eigenvalue weighted by Crippen LogP contribution is 2.29. The van der Waals surface area contributed by atoms with Crippen LogP contribution in [-0.2, 0) is 6.54 Å². The van der Waals surface area contributed by atoms with Crippen molar-refractivity contribution in [1.82, 2.24) is 19.5 Å². The number of aromatic amines is 1. The summed E-state index contributed by atoms with van der Waals surface area (Å²) in [5, 5.41) is 0. The lowest BCUT2D eigenvalue weighted by atomic mass is 9.85. The van der Waals surface area contributed by atoms with Crippen LogP contribution < -0.4 is 4.74 Å². The number of aromatic nitrogens is 4. The van der Waals surface area contributed by atoms with Gasteiger partial charge in [0.1, 0.15) is 11.8 Å². The molecule has 0 bridgehead atoms. The highest BCUT2D eigenvalue weighted by atomic mass is 32.1. The van der Waals surface area contributed by atoms with Crippen LogP contribution in [0.2, 0.25) is 0 Å². The number of hydrogen-bond donors (Lipinski definition) is 1. The Bertz CT molecular complexity index is 599. The monoisotopic (exact) mass is 250 g/mol. The van der Waals surface area contributed by atoms with Crippen molar-refractivity contribution < 1.29 is 4.74 Å². The maximum Gasteiger partial charge on any atom is 0.242 e. The number of ether oxygens (including phenoxy) is 1. The molecule has 17 heavy (non-hydrogen) atoms. The smallest absolute Gasteiger partial charge is 0.242 e. The minimum atomic E-state index is 0.549. The molecule has 1 fully saturated rings. The fourth-order valence-corrected chi connectivity index (χ4v) is 2.47. The van der Waals surface area contributed by atoms with E-state index in [1.807, 2.05) is 0 Å². The summed E-state index contributed by atoms with van der Waals surface area (Å²) in [6.45, 7) is 0.943. The molecular weight excluding hydrogens is 236 g/mol. The minimum absolute atomic E-state index is 0.549. The van der Waals surface area contributed by atoms with E-state index in [-0.39, 0.29) is 0 Å². The zero-order valence-corrected chi connectivity index (χ0v) is 10.5. The molecule has 2 heterocycles. The first-order chi connectivity index (χ1) is 8.29. The summed E-state index contributed by atoms with van der Waals surface area (Å²) in [4.78, 5) is 11.5. The Hall–Kier alpha value is -1.43. The molecule has 2 aromatic rings. The number of imidazole rings is 1. The first-order valence-corrected chi connectivity index (χ1v) is 6.18. The van der Waals surface area contributed by atoms with Crippen molar-refractivity contribution in [2.24, 2.45) is 5.92 Å². The van der Waals surface area contributed by atoms with Gasteiger partial charge in [-0.05, 0) is 31.0 Å². The summed E-state index contributed by atoms with van der Waals surface area (Å²) in [6.07, 6.45) is 5.42. The molecule has 3 rings (SSSR count). The Morgan fingerprint density at radius 3 is 3.00 bits per heavy atom. The van der Waals surface area contributed by atoms with Crippen LogP contribution in [0.3, 0.4) is 0 Å². The van der Waals surface area contributed by atoms with Crippen molar-refractivity contribution in [2.75, 3.05) is 7.11 Å². The van der Waals surface area contributed by atoms with Gasteiger partial charge in [-0.2, -0.15) is 4.98 Å². The van der Waals surface area contributed by atoms with E-state index in [1.165, 1.54) is 25.6 Å². The zero-order valence-electron chi connectivity index (χ0n) is 9.64. The number of hydrogen-bond acceptors (Lipinski definition) is 4. The van der Waals surface area contributed by atoms with Gasteiger partial charge in [0.25, 0.3) is 0 Å². The number of rotatable bonds is 3. The van der Waals surface area contributed by atoms with Gasteiger partial charge in [-0.1, -0.05) is 6.42 Å². The van der Waals surface area contributed by atoms with Gasteiger partial charge in [0.05, 0.1) is 7.11 Å². The molecule has 0 radical (unpaired) electrons. The van der Waals surface area contributed by atoms with E-state index in [1.54, 1.807) is 7.11 Å². The van der Waals surface area contributed by atoms with E-state index in [0.29, 0.717) is 10.7 Å². The summed E-state index contributed by atoms with van der Waals surface area (Å²) in [6, 6.07) is 0. The maximum atomic E-state index is 5.33. The Morgan fingerprint density at radius 2 is 2.35 bits per heavy atom. The first kappa shape index (κ1) is 10.7. The second-order valence-electron chi connectivity index (χ2n) is 4.42. The third-order valence-corrected chi connectivity index (χ3v) is 3.71. The summed E-state index contributed by atoms with van der Waals surface area (Å²) >= 11 is 5.33. The average Bonchev–Trinajstić information content (AvgIpc) is 2.59. The van der Waals surface area contributed by atoms with Gasteiger partial charge in [-0.25, -0.2) is 4.98 Å². The van der Waals surface area contributed by atoms with E-state index in [0.717, 1.165) is 23.6 Å². The Labute approximate surface area is 104 Å². The number of H-pyrrole nitrogens is 1. The average molecular weight is 250 g/mol. The molecule has 0 saturated heterocycles. The molecule has 0 amide bonds. The van der Waals surface area contributed by atoms with Gasteiger partial charge in [-0.3, -0.25) is 0 Å². The van der Waals surface area contributed by atoms with Gasteiger partial charge in [0.2, 0.25) is 5.88 Å². The SMILES string of the molecule is COc1ncnc2c1[nH]c(=S)n2CC1CCC1. The quantitative estimate of drug-likeness (QED) is 0.849. The fourth-order valence-electron chi connectivity index (χ4n) is 2.20. The molecule has 0 aliphatic heterocycles. The molecule has 0 aromatic carbocycles. The van der Waals surface area contributed by atoms with Gasteiger partial charge in [-0.15, -0.1) is 0 Å². The third kappa shape index (κ3) is 1.72. The highest BCUT2D eigenvalue weighted by molar-refractivity contribution is 7.71. The van der Waals surface area contributed by atoms with E-state index >= 15 is 0 Å². The topological polar surface area (TPSA) is 55.7 Å². The van der Waals surface area contributed by atoms with Crippen molar-refractivity contribution in [1.29, 1.82) is 0 Å². The van der Waals surface area contributed by atoms with Crippen LogP contribution in [0.25, 0.3) is 11.2 Å². The molecule has 2 aromatic heterocycles. The van der Waals surface area contributed by atoms with Crippen LogP contribution in [0.4, 0.5) is 0 Å². The molecule has 1 aliphatic rings. The molecule has 0 unspecified atom stereocenters. The zero-order chi connectivity index (χ0) is 11.8. The molecule has 6 heteroatoms. The summed E-state index contributed by atoms with van der Waals surface area (Å²) in [5.74, 6) is 1.29. The molecule has 1 N–H and O–H groups in total. The van der Waals surface area contributed by atoms with E-state index < -0.39 is 0 Å². The van der Waals surface area contributed by atoms with Crippen molar-refractivity contribution in [3.63, 3.8) is 0 Å².